The smallest absolute Gasteiger partial charge is 0.322 e. The van der Waals surface area contributed by atoms with Crippen LogP contribution in [0.25, 0.3) is 0 Å². The van der Waals surface area contributed by atoms with Gasteiger partial charge in [0.15, 0.2) is 0 Å². The summed E-state index contributed by atoms with van der Waals surface area (Å²) in [7, 11) is 0. The standard InChI is InChI=1S/C2H4NO2/c3-1-2(4)5/h1H,3H2,(H,4,5). The molecule has 0 aliphatic heterocycles. The first kappa shape index (κ1) is 4.43. The van der Waals surface area contributed by atoms with Gasteiger partial charge in [0.05, 0.1) is 0 Å². The van der Waals surface area contributed by atoms with Crippen LogP contribution in [0, 0.1) is 6.54 Å². The van der Waals surface area contributed by atoms with E-state index in [-0.39, 0.29) is 0 Å². The predicted octanol–water partition coefficient (Wildman–Crippen LogP) is -0.809. The van der Waals surface area contributed by atoms with E-state index in [4.69, 9.17) is 5.11 Å². The van der Waals surface area contributed by atoms with Gasteiger partial charge in [0, 0.05) is 0 Å². The monoisotopic (exact) mass is 74.0 g/mol. The summed E-state index contributed by atoms with van der Waals surface area (Å²) in [5, 5.41) is 7.54. The first-order valence-corrected chi connectivity index (χ1v) is 1.05. The van der Waals surface area contributed by atoms with Crippen LogP contribution in [0.4, 0.5) is 0 Å². The summed E-state index contributed by atoms with van der Waals surface area (Å²) >= 11 is 0. The maximum Gasteiger partial charge on any atom is 0.322 e. The van der Waals surface area contributed by atoms with Crippen molar-refractivity contribution in [2.24, 2.45) is 5.73 Å². The van der Waals surface area contributed by atoms with Gasteiger partial charge in [-0.15, -0.1) is 0 Å². The summed E-state index contributed by atoms with van der Waals surface area (Å²) in [6, 6.07) is 0. The van der Waals surface area contributed by atoms with Crippen molar-refractivity contribution in [3.05, 3.63) is 6.54 Å². The molecule has 0 aromatic heterocycles. The first-order valence-electron chi connectivity index (χ1n) is 1.05. The molecule has 0 aromatic carbocycles. The van der Waals surface area contributed by atoms with Crippen molar-refractivity contribution in [1.29, 1.82) is 0 Å². The second-order valence-electron chi connectivity index (χ2n) is 0.505. The molecule has 1 radical (unpaired) electrons. The zero-order valence-electron chi connectivity index (χ0n) is 2.51. The minimum Gasteiger partial charge on any atom is -0.480 e. The fourth-order valence-corrected chi connectivity index (χ4v) is 0. The van der Waals surface area contributed by atoms with Gasteiger partial charge in [0.25, 0.3) is 0 Å². The Morgan fingerprint density at radius 2 is 2.20 bits per heavy atom. The molecule has 29 valence electrons. The van der Waals surface area contributed by atoms with Gasteiger partial charge in [-0.2, -0.15) is 0 Å². The average Bonchev–Trinajstić information content (AvgIpc) is 1.38. The summed E-state index contributed by atoms with van der Waals surface area (Å²) in [5.41, 5.74) is 4.45. The lowest BCUT2D eigenvalue weighted by Gasteiger charge is -1.71. The molecular weight excluding hydrogens is 70.0 g/mol. The van der Waals surface area contributed by atoms with Crippen LogP contribution in [0.3, 0.4) is 0 Å². The molecule has 5 heavy (non-hydrogen) atoms. The van der Waals surface area contributed by atoms with Crippen molar-refractivity contribution in [3.8, 4) is 0 Å². The molecule has 0 atom stereocenters. The zero-order valence-corrected chi connectivity index (χ0v) is 2.51. The minimum atomic E-state index is -1.09. The van der Waals surface area contributed by atoms with Crippen LogP contribution in [0.5, 0.6) is 0 Å². The molecule has 0 unspecified atom stereocenters. The van der Waals surface area contributed by atoms with Crippen LogP contribution in [0.1, 0.15) is 0 Å². The summed E-state index contributed by atoms with van der Waals surface area (Å²) in [6.07, 6.45) is 0. The van der Waals surface area contributed by atoms with Crippen molar-refractivity contribution in [2.75, 3.05) is 0 Å². The van der Waals surface area contributed by atoms with Crippen LogP contribution in [-0.2, 0) is 4.79 Å². The second kappa shape index (κ2) is 1.72. The van der Waals surface area contributed by atoms with Crippen molar-refractivity contribution < 1.29 is 9.90 Å². The highest BCUT2D eigenvalue weighted by Crippen LogP contribution is 1.53. The first-order chi connectivity index (χ1) is 2.27. The second-order valence-corrected chi connectivity index (χ2v) is 0.505. The fraction of sp³-hybridized carbons (Fsp3) is 0. The molecule has 0 saturated heterocycles. The predicted molar refractivity (Wildman–Crippen MR) is 16.1 cm³/mol. The highest BCUT2D eigenvalue weighted by molar-refractivity contribution is 5.75. The topological polar surface area (TPSA) is 63.3 Å². The van der Waals surface area contributed by atoms with Crippen LogP contribution in [0.15, 0.2) is 0 Å². The van der Waals surface area contributed by atoms with E-state index >= 15 is 0 Å². The highest BCUT2D eigenvalue weighted by atomic mass is 16.4. The summed E-state index contributed by atoms with van der Waals surface area (Å²) in [4.78, 5) is 9.19. The van der Waals surface area contributed by atoms with Gasteiger partial charge < -0.3 is 10.8 Å². The number of rotatable bonds is 1. The number of carboxylic acids is 1. The molecule has 0 bridgehead atoms. The van der Waals surface area contributed by atoms with E-state index in [1.165, 1.54) is 0 Å². The molecule has 0 heterocycles. The van der Waals surface area contributed by atoms with Crippen molar-refractivity contribution in [3.63, 3.8) is 0 Å². The van der Waals surface area contributed by atoms with Crippen LogP contribution in [-0.4, -0.2) is 11.1 Å². The summed E-state index contributed by atoms with van der Waals surface area (Å²) in [5.74, 6) is -1.09. The Morgan fingerprint density at radius 1 is 2.00 bits per heavy atom. The van der Waals surface area contributed by atoms with E-state index in [1.807, 2.05) is 0 Å². The molecule has 0 aliphatic carbocycles. The molecule has 0 amide bonds. The summed E-state index contributed by atoms with van der Waals surface area (Å²) in [6.45, 7) is 0.583. The quantitative estimate of drug-likeness (QED) is 0.427. The number of aliphatic carboxylic acids is 1. The van der Waals surface area contributed by atoms with Crippen LogP contribution in [0.2, 0.25) is 0 Å². The van der Waals surface area contributed by atoms with Gasteiger partial charge >= 0.3 is 5.97 Å². The zero-order chi connectivity index (χ0) is 4.28. The minimum absolute atomic E-state index is 0.583. The van der Waals surface area contributed by atoms with Gasteiger partial charge in [-0.3, -0.25) is 4.79 Å². The number of hydrogen-bond donors (Lipinski definition) is 2. The SMILES string of the molecule is N[CH]C(=O)O. The molecular formula is C2H4NO2. The Bertz CT molecular complexity index is 42.9. The summed E-state index contributed by atoms with van der Waals surface area (Å²) < 4.78 is 0. The number of carbonyl (C=O) groups is 1. The van der Waals surface area contributed by atoms with Gasteiger partial charge in [0.1, 0.15) is 6.54 Å². The van der Waals surface area contributed by atoms with Gasteiger partial charge in [-0.25, -0.2) is 0 Å². The molecule has 0 aliphatic rings. The van der Waals surface area contributed by atoms with E-state index in [9.17, 15) is 4.79 Å². The van der Waals surface area contributed by atoms with Gasteiger partial charge in [-0.1, -0.05) is 0 Å². The Hall–Kier alpha value is -0.570. The van der Waals surface area contributed by atoms with E-state index in [0.29, 0.717) is 6.54 Å². The highest BCUT2D eigenvalue weighted by Gasteiger charge is 1.82. The molecule has 0 aromatic rings. The molecule has 0 rings (SSSR count). The lowest BCUT2D eigenvalue weighted by atomic mass is 10.7. The third-order valence-electron chi connectivity index (χ3n) is 0.143. The van der Waals surface area contributed by atoms with Crippen LogP contribution >= 0.6 is 0 Å². The normalized spacial score (nSPS) is 7.40. The largest absolute Gasteiger partial charge is 0.480 e. The lowest BCUT2D eigenvalue weighted by Crippen LogP contribution is -2.02. The molecule has 0 fully saturated rings. The Morgan fingerprint density at radius 3 is 2.20 bits per heavy atom. The third kappa shape index (κ3) is 3.43. The fourth-order valence-electron chi connectivity index (χ4n) is 0. The van der Waals surface area contributed by atoms with Crippen molar-refractivity contribution in [1.82, 2.24) is 0 Å². The lowest BCUT2D eigenvalue weighted by molar-refractivity contribution is -0.133. The number of carboxylic acid groups (broad SMARTS) is 1. The molecule has 3 N–H and O–H groups in total. The Kier molecular flexibility index (Phi) is 1.53. The van der Waals surface area contributed by atoms with E-state index in [0.717, 1.165) is 0 Å². The van der Waals surface area contributed by atoms with E-state index < -0.39 is 5.97 Å². The van der Waals surface area contributed by atoms with Crippen molar-refractivity contribution in [2.45, 2.75) is 0 Å². The van der Waals surface area contributed by atoms with Gasteiger partial charge in [-0.05, 0) is 0 Å². The number of nitrogens with two attached hydrogens (primary N) is 1. The average molecular weight is 74.1 g/mol. The van der Waals surface area contributed by atoms with Crippen molar-refractivity contribution >= 4 is 5.97 Å². The maximum absolute atomic E-state index is 9.19. The molecule has 0 spiro atoms. The molecule has 3 heteroatoms. The Labute approximate surface area is 29.4 Å². The number of hydrogen-bond acceptors (Lipinski definition) is 2. The van der Waals surface area contributed by atoms with E-state index in [1.54, 1.807) is 0 Å². The Balaban J connectivity index is 2.85. The molecule has 3 nitrogen and oxygen atoms in total. The maximum atomic E-state index is 9.19. The third-order valence-corrected chi connectivity index (χ3v) is 0.143. The molecule has 0 saturated carbocycles. The van der Waals surface area contributed by atoms with Crippen LogP contribution < -0.4 is 5.73 Å². The van der Waals surface area contributed by atoms with E-state index in [2.05, 4.69) is 5.73 Å². The van der Waals surface area contributed by atoms with Gasteiger partial charge in [0.2, 0.25) is 0 Å².